The van der Waals surface area contributed by atoms with Crippen molar-refractivity contribution < 1.29 is 0 Å². The van der Waals surface area contributed by atoms with Crippen LogP contribution in [0.5, 0.6) is 0 Å². The van der Waals surface area contributed by atoms with E-state index in [1.165, 1.54) is 21.9 Å². The summed E-state index contributed by atoms with van der Waals surface area (Å²) in [6.45, 7) is 6.67. The van der Waals surface area contributed by atoms with Crippen LogP contribution in [0.3, 0.4) is 0 Å². The molecule has 1 N–H and O–H groups in total. The number of nitrogens with zero attached hydrogens (tertiary/aromatic N) is 1. The molecular formula is C13H20N2S. The second-order valence-electron chi connectivity index (χ2n) is 4.38. The molecule has 1 atom stereocenters. The molecule has 1 aromatic carbocycles. The fourth-order valence-electron chi connectivity index (χ4n) is 2.20. The molecule has 2 rings (SSSR count). The lowest BCUT2D eigenvalue weighted by Gasteiger charge is -2.37. The fourth-order valence-corrected chi connectivity index (χ4v) is 3.39. The summed E-state index contributed by atoms with van der Waals surface area (Å²) in [6.07, 6.45) is 0. The number of aryl methyl sites for hydroxylation is 1. The molecule has 0 bridgehead atoms. The van der Waals surface area contributed by atoms with Gasteiger partial charge in [0.25, 0.3) is 0 Å². The van der Waals surface area contributed by atoms with Gasteiger partial charge in [-0.3, -0.25) is 0 Å². The average molecular weight is 236 g/mol. The molecule has 0 aliphatic carbocycles. The van der Waals surface area contributed by atoms with Gasteiger partial charge in [0.1, 0.15) is 0 Å². The van der Waals surface area contributed by atoms with Gasteiger partial charge in [-0.15, -0.1) is 11.8 Å². The Hall–Kier alpha value is -0.670. The number of benzene rings is 1. The molecule has 16 heavy (non-hydrogen) atoms. The number of hydrogen-bond donors (Lipinski definition) is 1. The lowest BCUT2D eigenvalue weighted by Crippen LogP contribution is -2.41. The summed E-state index contributed by atoms with van der Waals surface area (Å²) in [4.78, 5) is 3.98. The maximum atomic E-state index is 3.24. The first-order valence-corrected chi connectivity index (χ1v) is 6.86. The number of anilines is 1. The van der Waals surface area contributed by atoms with Crippen molar-refractivity contribution in [2.24, 2.45) is 0 Å². The predicted molar refractivity (Wildman–Crippen MR) is 72.6 cm³/mol. The number of hydrogen-bond acceptors (Lipinski definition) is 3. The highest BCUT2D eigenvalue weighted by atomic mass is 32.2. The average Bonchev–Trinajstić information content (AvgIpc) is 2.28. The number of thioether (sulfide) groups is 1. The monoisotopic (exact) mass is 236 g/mol. The van der Waals surface area contributed by atoms with E-state index in [-0.39, 0.29) is 0 Å². The third kappa shape index (κ3) is 2.20. The lowest BCUT2D eigenvalue weighted by molar-refractivity contribution is 0.647. The van der Waals surface area contributed by atoms with E-state index in [1.807, 2.05) is 18.8 Å². The number of para-hydroxylation sites is 1. The van der Waals surface area contributed by atoms with E-state index >= 15 is 0 Å². The van der Waals surface area contributed by atoms with Crippen molar-refractivity contribution in [2.45, 2.75) is 24.8 Å². The SMILES string of the molecule is CNCCN1c2c(C)cccc2SCC1C. The van der Waals surface area contributed by atoms with Crippen molar-refractivity contribution in [1.82, 2.24) is 5.32 Å². The van der Waals surface area contributed by atoms with Crippen molar-refractivity contribution in [2.75, 3.05) is 30.8 Å². The molecule has 1 unspecified atom stereocenters. The highest BCUT2D eigenvalue weighted by Gasteiger charge is 2.24. The van der Waals surface area contributed by atoms with E-state index < -0.39 is 0 Å². The molecule has 88 valence electrons. The molecule has 0 radical (unpaired) electrons. The minimum absolute atomic E-state index is 0.631. The van der Waals surface area contributed by atoms with Gasteiger partial charge < -0.3 is 10.2 Å². The minimum atomic E-state index is 0.631. The van der Waals surface area contributed by atoms with Crippen LogP contribution in [0.4, 0.5) is 5.69 Å². The van der Waals surface area contributed by atoms with E-state index in [9.17, 15) is 0 Å². The van der Waals surface area contributed by atoms with Gasteiger partial charge in [0.05, 0.1) is 5.69 Å². The van der Waals surface area contributed by atoms with Gasteiger partial charge in [-0.2, -0.15) is 0 Å². The van der Waals surface area contributed by atoms with E-state index in [1.54, 1.807) is 0 Å². The van der Waals surface area contributed by atoms with Crippen LogP contribution in [-0.2, 0) is 0 Å². The number of nitrogens with one attached hydrogen (secondary N) is 1. The van der Waals surface area contributed by atoms with Gasteiger partial charge in [-0.25, -0.2) is 0 Å². The smallest absolute Gasteiger partial charge is 0.0537 e. The molecule has 1 aromatic rings. The van der Waals surface area contributed by atoms with Crippen LogP contribution in [-0.4, -0.2) is 31.9 Å². The highest BCUT2D eigenvalue weighted by Crippen LogP contribution is 2.39. The van der Waals surface area contributed by atoms with Crippen LogP contribution in [0.2, 0.25) is 0 Å². The molecule has 3 heteroatoms. The molecule has 1 heterocycles. The second kappa shape index (κ2) is 5.11. The molecule has 0 fully saturated rings. The van der Waals surface area contributed by atoms with Crippen LogP contribution < -0.4 is 10.2 Å². The zero-order valence-corrected chi connectivity index (χ0v) is 11.1. The normalized spacial score (nSPS) is 19.7. The molecule has 0 saturated carbocycles. The fraction of sp³-hybridized carbons (Fsp3) is 0.538. The van der Waals surface area contributed by atoms with Crippen LogP contribution >= 0.6 is 11.8 Å². The Labute approximate surface area is 102 Å². The third-order valence-corrected chi connectivity index (χ3v) is 4.39. The molecule has 1 aliphatic heterocycles. The van der Waals surface area contributed by atoms with Gasteiger partial charge in [0.2, 0.25) is 0 Å². The standard InChI is InChI=1S/C13H20N2S/c1-10-5-4-6-12-13(10)15(8-7-14-3)11(2)9-16-12/h4-6,11,14H,7-9H2,1-3H3. The van der Waals surface area contributed by atoms with Crippen molar-refractivity contribution in [3.8, 4) is 0 Å². The summed E-state index contributed by atoms with van der Waals surface area (Å²) in [5, 5.41) is 3.24. The van der Waals surface area contributed by atoms with Gasteiger partial charge in [-0.05, 0) is 32.5 Å². The second-order valence-corrected chi connectivity index (χ2v) is 5.44. The Kier molecular flexibility index (Phi) is 3.77. The van der Waals surface area contributed by atoms with Gasteiger partial charge >= 0.3 is 0 Å². The molecule has 0 spiro atoms. The molecule has 0 saturated heterocycles. The molecule has 0 amide bonds. The third-order valence-electron chi connectivity index (χ3n) is 3.10. The Balaban J connectivity index is 2.31. The maximum absolute atomic E-state index is 3.24. The summed E-state index contributed by atoms with van der Waals surface area (Å²) in [5.41, 5.74) is 2.84. The van der Waals surface area contributed by atoms with Gasteiger partial charge in [-0.1, -0.05) is 12.1 Å². The minimum Gasteiger partial charge on any atom is -0.366 e. The maximum Gasteiger partial charge on any atom is 0.0537 e. The Morgan fingerprint density at radius 2 is 2.31 bits per heavy atom. The number of fused-ring (bicyclic) bond motifs is 1. The summed E-state index contributed by atoms with van der Waals surface area (Å²) in [7, 11) is 2.02. The van der Waals surface area contributed by atoms with E-state index in [0.717, 1.165) is 13.1 Å². The first kappa shape index (κ1) is 11.8. The van der Waals surface area contributed by atoms with Gasteiger partial charge in [0, 0.05) is 29.8 Å². The lowest BCUT2D eigenvalue weighted by atomic mass is 10.1. The van der Waals surface area contributed by atoms with Gasteiger partial charge in [0.15, 0.2) is 0 Å². The van der Waals surface area contributed by atoms with E-state index in [4.69, 9.17) is 0 Å². The first-order chi connectivity index (χ1) is 7.74. The Morgan fingerprint density at radius 3 is 3.06 bits per heavy atom. The van der Waals surface area contributed by atoms with Crippen LogP contribution in [0.15, 0.2) is 23.1 Å². The highest BCUT2D eigenvalue weighted by molar-refractivity contribution is 7.99. The van der Waals surface area contributed by atoms with E-state index in [2.05, 4.69) is 42.3 Å². The Morgan fingerprint density at radius 1 is 1.50 bits per heavy atom. The number of rotatable bonds is 3. The summed E-state index contributed by atoms with van der Waals surface area (Å²) < 4.78 is 0. The number of likely N-dealkylation sites (N-methyl/N-ethyl adjacent to an activating group) is 1. The zero-order valence-electron chi connectivity index (χ0n) is 10.3. The quantitative estimate of drug-likeness (QED) is 0.868. The predicted octanol–water partition coefficient (Wildman–Crippen LogP) is 2.52. The van der Waals surface area contributed by atoms with Crippen molar-refractivity contribution in [1.29, 1.82) is 0 Å². The van der Waals surface area contributed by atoms with Crippen LogP contribution in [0, 0.1) is 6.92 Å². The topological polar surface area (TPSA) is 15.3 Å². The Bertz CT molecular complexity index is 365. The van der Waals surface area contributed by atoms with Crippen molar-refractivity contribution in [3.63, 3.8) is 0 Å². The van der Waals surface area contributed by atoms with Crippen molar-refractivity contribution >= 4 is 17.4 Å². The van der Waals surface area contributed by atoms with Crippen molar-refractivity contribution in [3.05, 3.63) is 23.8 Å². The summed E-state index contributed by atoms with van der Waals surface area (Å²) in [5.74, 6) is 1.19. The molecular weight excluding hydrogens is 216 g/mol. The largest absolute Gasteiger partial charge is 0.366 e. The molecule has 2 nitrogen and oxygen atoms in total. The first-order valence-electron chi connectivity index (χ1n) is 5.87. The van der Waals surface area contributed by atoms with E-state index in [0.29, 0.717) is 6.04 Å². The summed E-state index contributed by atoms with van der Waals surface area (Å²) in [6, 6.07) is 7.24. The van der Waals surface area contributed by atoms with Crippen LogP contribution in [0.1, 0.15) is 12.5 Å². The summed E-state index contributed by atoms with van der Waals surface area (Å²) >= 11 is 1.99. The zero-order chi connectivity index (χ0) is 11.5. The van der Waals surface area contributed by atoms with Crippen LogP contribution in [0.25, 0.3) is 0 Å². The molecule has 0 aromatic heterocycles. The molecule has 1 aliphatic rings.